The van der Waals surface area contributed by atoms with Gasteiger partial charge in [-0.2, -0.15) is 17.6 Å². The van der Waals surface area contributed by atoms with Crippen molar-refractivity contribution in [1.29, 1.82) is 0 Å². The van der Waals surface area contributed by atoms with Gasteiger partial charge in [-0.05, 0) is 6.42 Å². The Morgan fingerprint density at radius 3 is 2.44 bits per heavy atom. The van der Waals surface area contributed by atoms with E-state index in [9.17, 15) is 22.2 Å². The normalized spacial score (nSPS) is 16.4. The molecular weight excluding hydrogens is 248 g/mol. The summed E-state index contributed by atoms with van der Waals surface area (Å²) in [6.45, 7) is 1.56. The lowest BCUT2D eigenvalue weighted by Crippen LogP contribution is -2.24. The van der Waals surface area contributed by atoms with Gasteiger partial charge in [0.15, 0.2) is 12.3 Å². The summed E-state index contributed by atoms with van der Waals surface area (Å²) in [5.74, 6) is 0. The van der Waals surface area contributed by atoms with Gasteiger partial charge < -0.3 is 10.8 Å². The minimum absolute atomic E-state index is 0.164. The molecule has 1 unspecified atom stereocenters. The van der Waals surface area contributed by atoms with Crippen molar-refractivity contribution >= 4 is 18.0 Å². The first kappa shape index (κ1) is 15.2. The lowest BCUT2D eigenvalue weighted by atomic mass is 10.0. The van der Waals surface area contributed by atoms with E-state index in [-0.39, 0.29) is 12.0 Å². The smallest absolute Gasteiger partial charge is 0.394 e. The van der Waals surface area contributed by atoms with Gasteiger partial charge in [0, 0.05) is 11.8 Å². The number of aliphatic hydroxyl groups is 1. The van der Waals surface area contributed by atoms with E-state index in [1.165, 1.54) is 0 Å². The molecule has 8 heteroatoms. The van der Waals surface area contributed by atoms with Gasteiger partial charge in [-0.25, -0.2) is 0 Å². The third-order valence-electron chi connectivity index (χ3n) is 1.77. The molecule has 1 atom stereocenters. The van der Waals surface area contributed by atoms with Crippen LogP contribution in [0.1, 0.15) is 19.8 Å². The average molecular weight is 260 g/mol. The van der Waals surface area contributed by atoms with E-state index >= 15 is 0 Å². The number of hydrogen-bond donors (Lipinski definition) is 2. The van der Waals surface area contributed by atoms with Crippen molar-refractivity contribution in [2.75, 3.05) is 0 Å². The SMILES string of the molecule is CCC(O)C(=C/N)/C(CC(F)(F)F)=N/SF. The van der Waals surface area contributed by atoms with Gasteiger partial charge in [0.1, 0.15) is 0 Å². The van der Waals surface area contributed by atoms with Crippen LogP contribution in [-0.2, 0) is 0 Å². The van der Waals surface area contributed by atoms with E-state index < -0.39 is 36.7 Å². The van der Waals surface area contributed by atoms with Crippen LogP contribution in [0.15, 0.2) is 16.2 Å². The molecule has 0 saturated carbocycles. The molecule has 0 rings (SSSR count). The van der Waals surface area contributed by atoms with Crippen LogP contribution < -0.4 is 5.73 Å². The zero-order chi connectivity index (χ0) is 12.8. The monoisotopic (exact) mass is 260 g/mol. The van der Waals surface area contributed by atoms with E-state index in [0.29, 0.717) is 0 Å². The molecule has 3 N–H and O–H groups in total. The molecule has 0 spiro atoms. The Balaban J connectivity index is 4.98. The summed E-state index contributed by atoms with van der Waals surface area (Å²) in [4.78, 5) is 0. The third kappa shape index (κ3) is 5.36. The van der Waals surface area contributed by atoms with Crippen LogP contribution in [0, 0.1) is 0 Å². The molecule has 0 radical (unpaired) electrons. The molecule has 0 saturated heterocycles. The first-order chi connectivity index (χ1) is 7.35. The molecule has 0 aliphatic carbocycles. The van der Waals surface area contributed by atoms with Gasteiger partial charge in [-0.3, -0.25) is 0 Å². The van der Waals surface area contributed by atoms with E-state index in [0.717, 1.165) is 6.20 Å². The number of alkyl halides is 3. The number of rotatable bonds is 5. The second-order valence-electron chi connectivity index (χ2n) is 2.94. The van der Waals surface area contributed by atoms with Gasteiger partial charge in [0.25, 0.3) is 0 Å². The first-order valence-corrected chi connectivity index (χ1v) is 5.04. The number of nitrogens with zero attached hydrogens (tertiary/aromatic N) is 1. The Morgan fingerprint density at radius 2 is 2.12 bits per heavy atom. The van der Waals surface area contributed by atoms with Gasteiger partial charge in [-0.1, -0.05) is 6.92 Å². The molecule has 0 aromatic carbocycles. The Morgan fingerprint density at radius 1 is 1.56 bits per heavy atom. The molecule has 0 aliphatic heterocycles. The Hall–Kier alpha value is -0.760. The summed E-state index contributed by atoms with van der Waals surface area (Å²) in [6, 6.07) is 0. The second-order valence-corrected chi connectivity index (χ2v) is 3.27. The molecule has 16 heavy (non-hydrogen) atoms. The average Bonchev–Trinajstić information content (AvgIpc) is 2.16. The molecule has 0 bridgehead atoms. The Labute approximate surface area is 94.8 Å². The summed E-state index contributed by atoms with van der Waals surface area (Å²) in [5.41, 5.74) is 4.29. The minimum Gasteiger partial charge on any atom is -0.404 e. The van der Waals surface area contributed by atoms with Crippen LogP contribution in [0.2, 0.25) is 0 Å². The van der Waals surface area contributed by atoms with Gasteiger partial charge >= 0.3 is 6.18 Å². The van der Waals surface area contributed by atoms with Crippen LogP contribution in [0.5, 0.6) is 0 Å². The van der Waals surface area contributed by atoms with E-state index in [4.69, 9.17) is 5.73 Å². The van der Waals surface area contributed by atoms with Crippen LogP contribution in [0.3, 0.4) is 0 Å². The van der Waals surface area contributed by atoms with Crippen LogP contribution in [0.25, 0.3) is 0 Å². The largest absolute Gasteiger partial charge is 0.404 e. The lowest BCUT2D eigenvalue weighted by molar-refractivity contribution is -0.121. The van der Waals surface area contributed by atoms with Crippen molar-refractivity contribution in [3.8, 4) is 0 Å². The van der Waals surface area contributed by atoms with Crippen molar-refractivity contribution in [2.45, 2.75) is 32.0 Å². The Kier molecular flexibility index (Phi) is 6.42. The number of halogens is 4. The fourth-order valence-corrected chi connectivity index (χ4v) is 1.29. The zero-order valence-electron chi connectivity index (χ0n) is 8.46. The maximum Gasteiger partial charge on any atom is 0.394 e. The highest BCUT2D eigenvalue weighted by Gasteiger charge is 2.32. The first-order valence-electron chi connectivity index (χ1n) is 4.37. The predicted octanol–water partition coefficient (Wildman–Crippen LogP) is 2.53. The zero-order valence-corrected chi connectivity index (χ0v) is 9.28. The van der Waals surface area contributed by atoms with Crippen molar-refractivity contribution in [1.82, 2.24) is 0 Å². The maximum absolute atomic E-state index is 12.1. The standard InChI is InChI=1S/C8H12F4N2OS/c1-2-7(15)5(4-13)6(14-16-12)3-8(9,10)11/h4,7,15H,2-3,13H2,1H3/b5-4+,14-6+. The molecule has 0 aromatic rings. The van der Waals surface area contributed by atoms with E-state index in [1.807, 2.05) is 0 Å². The van der Waals surface area contributed by atoms with E-state index in [1.54, 1.807) is 6.92 Å². The van der Waals surface area contributed by atoms with Crippen molar-refractivity contribution in [3.05, 3.63) is 11.8 Å². The highest BCUT2D eigenvalue weighted by atomic mass is 32.2. The van der Waals surface area contributed by atoms with Crippen LogP contribution in [-0.4, -0.2) is 23.1 Å². The molecule has 94 valence electrons. The molecule has 0 amide bonds. The maximum atomic E-state index is 12.1. The van der Waals surface area contributed by atoms with Crippen molar-refractivity contribution < 1.29 is 22.2 Å². The van der Waals surface area contributed by atoms with Crippen molar-refractivity contribution in [2.24, 2.45) is 10.1 Å². The number of nitrogens with two attached hydrogens (primary N) is 1. The molecule has 0 fully saturated rings. The summed E-state index contributed by atoms with van der Waals surface area (Å²) in [6.07, 6.45) is -6.16. The molecule has 3 nitrogen and oxygen atoms in total. The van der Waals surface area contributed by atoms with Crippen LogP contribution in [0.4, 0.5) is 17.1 Å². The summed E-state index contributed by atoms with van der Waals surface area (Å²) in [7, 11) is 0. The van der Waals surface area contributed by atoms with E-state index in [2.05, 4.69) is 4.40 Å². The number of hydrogen-bond acceptors (Lipinski definition) is 4. The Bertz CT molecular complexity index is 278. The topological polar surface area (TPSA) is 58.6 Å². The fraction of sp³-hybridized carbons (Fsp3) is 0.625. The quantitative estimate of drug-likeness (QED) is 0.453. The number of aliphatic hydroxyl groups excluding tert-OH is 1. The van der Waals surface area contributed by atoms with Gasteiger partial charge in [0.05, 0.1) is 18.2 Å². The third-order valence-corrected chi connectivity index (χ3v) is 2.06. The lowest BCUT2D eigenvalue weighted by Gasteiger charge is -2.15. The van der Waals surface area contributed by atoms with Crippen LogP contribution >= 0.6 is 12.3 Å². The van der Waals surface area contributed by atoms with Gasteiger partial charge in [0.2, 0.25) is 0 Å². The molecule has 0 aliphatic rings. The summed E-state index contributed by atoms with van der Waals surface area (Å²) >= 11 is -0.598. The second kappa shape index (κ2) is 6.74. The molecule has 0 aromatic heterocycles. The molecule has 0 heterocycles. The van der Waals surface area contributed by atoms with Crippen molar-refractivity contribution in [3.63, 3.8) is 0 Å². The molecular formula is C8H12F4N2OS. The highest BCUT2D eigenvalue weighted by Crippen LogP contribution is 2.25. The summed E-state index contributed by atoms with van der Waals surface area (Å²) in [5, 5.41) is 9.38. The fourth-order valence-electron chi connectivity index (χ4n) is 1.04. The summed E-state index contributed by atoms with van der Waals surface area (Å²) < 4.78 is 51.3. The highest BCUT2D eigenvalue weighted by molar-refractivity contribution is 7.93. The van der Waals surface area contributed by atoms with Gasteiger partial charge in [-0.15, -0.1) is 3.89 Å². The predicted molar refractivity (Wildman–Crippen MR) is 55.4 cm³/mol. The minimum atomic E-state index is -4.53.